The Morgan fingerprint density at radius 3 is 2.69 bits per heavy atom. The van der Waals surface area contributed by atoms with E-state index in [1.807, 2.05) is 0 Å². The minimum Gasteiger partial charge on any atom is -0.310 e. The van der Waals surface area contributed by atoms with Crippen LogP contribution in [0.2, 0.25) is 0 Å². The zero-order valence-corrected chi connectivity index (χ0v) is 12.0. The van der Waals surface area contributed by atoms with Gasteiger partial charge in [-0.2, -0.15) is 0 Å². The van der Waals surface area contributed by atoms with Crippen LogP contribution in [0.5, 0.6) is 0 Å². The van der Waals surface area contributed by atoms with Crippen LogP contribution in [0.3, 0.4) is 0 Å². The molecule has 0 saturated heterocycles. The van der Waals surface area contributed by atoms with E-state index in [-0.39, 0.29) is 0 Å². The van der Waals surface area contributed by atoms with Crippen molar-refractivity contribution in [1.82, 2.24) is 5.32 Å². The molecule has 0 saturated carbocycles. The second-order valence-corrected chi connectivity index (χ2v) is 5.49. The molecule has 1 aromatic rings. The first-order valence-electron chi connectivity index (χ1n) is 6.12. The molecule has 0 heterocycles. The second kappa shape index (κ2) is 7.08. The normalized spacial score (nSPS) is 14.8. The average Bonchev–Trinajstić information content (AvgIpc) is 2.26. The molecular formula is C14H22BrN. The Morgan fingerprint density at radius 2 is 2.06 bits per heavy atom. The highest BCUT2D eigenvalue weighted by Crippen LogP contribution is 2.18. The topological polar surface area (TPSA) is 12.0 Å². The molecule has 1 aromatic carbocycles. The molecular weight excluding hydrogens is 262 g/mol. The molecule has 0 aliphatic heterocycles. The molecule has 0 aliphatic carbocycles. The van der Waals surface area contributed by atoms with E-state index in [1.54, 1.807) is 0 Å². The molecule has 0 aromatic heterocycles. The van der Waals surface area contributed by atoms with E-state index in [0.717, 1.165) is 16.9 Å². The molecule has 2 heteroatoms. The van der Waals surface area contributed by atoms with Gasteiger partial charge < -0.3 is 5.32 Å². The number of hydrogen-bond donors (Lipinski definition) is 1. The lowest BCUT2D eigenvalue weighted by Crippen LogP contribution is -2.24. The molecule has 0 fully saturated rings. The first-order chi connectivity index (χ1) is 7.63. The third-order valence-electron chi connectivity index (χ3n) is 2.90. The van der Waals surface area contributed by atoms with Crippen molar-refractivity contribution < 1.29 is 0 Å². The standard InChI is InChI=1S/C14H22BrN/c1-4-6-11(2)10-16-12(3)13-7-5-8-14(15)9-13/h5,7-9,11-12,16H,4,6,10H2,1-3H3. The Bertz CT molecular complexity index is 311. The van der Waals surface area contributed by atoms with Crippen molar-refractivity contribution >= 4 is 15.9 Å². The fraction of sp³-hybridized carbons (Fsp3) is 0.571. The summed E-state index contributed by atoms with van der Waals surface area (Å²) in [5.74, 6) is 0.764. The zero-order valence-electron chi connectivity index (χ0n) is 10.5. The van der Waals surface area contributed by atoms with E-state index in [9.17, 15) is 0 Å². The summed E-state index contributed by atoms with van der Waals surface area (Å²) in [7, 11) is 0. The predicted octanol–water partition coefficient (Wildman–Crippen LogP) is 4.54. The highest BCUT2D eigenvalue weighted by molar-refractivity contribution is 9.10. The molecule has 1 rings (SSSR count). The molecule has 2 atom stereocenters. The summed E-state index contributed by atoms with van der Waals surface area (Å²) in [6.45, 7) is 7.88. The van der Waals surface area contributed by atoms with E-state index in [4.69, 9.17) is 0 Å². The minimum absolute atomic E-state index is 0.428. The maximum absolute atomic E-state index is 3.59. The van der Waals surface area contributed by atoms with Gasteiger partial charge in [0.05, 0.1) is 0 Å². The number of benzene rings is 1. The van der Waals surface area contributed by atoms with Crippen LogP contribution in [0.25, 0.3) is 0 Å². The molecule has 2 unspecified atom stereocenters. The van der Waals surface area contributed by atoms with E-state index < -0.39 is 0 Å². The third kappa shape index (κ3) is 4.67. The Labute approximate surface area is 108 Å². The van der Waals surface area contributed by atoms with E-state index in [1.165, 1.54) is 18.4 Å². The van der Waals surface area contributed by atoms with Gasteiger partial charge in [-0.3, -0.25) is 0 Å². The van der Waals surface area contributed by atoms with Crippen LogP contribution >= 0.6 is 15.9 Å². The third-order valence-corrected chi connectivity index (χ3v) is 3.40. The number of nitrogens with one attached hydrogen (secondary N) is 1. The highest BCUT2D eigenvalue weighted by Gasteiger charge is 2.07. The van der Waals surface area contributed by atoms with Gasteiger partial charge in [0.25, 0.3) is 0 Å². The van der Waals surface area contributed by atoms with Gasteiger partial charge in [0, 0.05) is 10.5 Å². The van der Waals surface area contributed by atoms with Gasteiger partial charge in [-0.25, -0.2) is 0 Å². The lowest BCUT2D eigenvalue weighted by molar-refractivity contribution is 0.444. The van der Waals surface area contributed by atoms with Crippen LogP contribution in [-0.4, -0.2) is 6.54 Å². The quantitative estimate of drug-likeness (QED) is 0.809. The monoisotopic (exact) mass is 283 g/mol. The molecule has 0 aliphatic rings. The maximum Gasteiger partial charge on any atom is 0.0292 e. The summed E-state index contributed by atoms with van der Waals surface area (Å²) in [5, 5.41) is 3.59. The lowest BCUT2D eigenvalue weighted by Gasteiger charge is -2.18. The van der Waals surface area contributed by atoms with Gasteiger partial charge in [0.15, 0.2) is 0 Å². The zero-order chi connectivity index (χ0) is 12.0. The van der Waals surface area contributed by atoms with Gasteiger partial charge >= 0.3 is 0 Å². The van der Waals surface area contributed by atoms with Crippen molar-refractivity contribution in [2.24, 2.45) is 5.92 Å². The van der Waals surface area contributed by atoms with Crippen molar-refractivity contribution in [1.29, 1.82) is 0 Å². The molecule has 16 heavy (non-hydrogen) atoms. The van der Waals surface area contributed by atoms with E-state index in [0.29, 0.717) is 6.04 Å². The Hall–Kier alpha value is -0.340. The predicted molar refractivity (Wildman–Crippen MR) is 74.6 cm³/mol. The molecule has 0 bridgehead atoms. The van der Waals surface area contributed by atoms with Crippen LogP contribution in [0.1, 0.15) is 45.2 Å². The smallest absolute Gasteiger partial charge is 0.0292 e. The molecule has 90 valence electrons. The summed E-state index contributed by atoms with van der Waals surface area (Å²) in [6.07, 6.45) is 2.58. The first-order valence-corrected chi connectivity index (χ1v) is 6.91. The molecule has 0 radical (unpaired) electrons. The Kier molecular flexibility index (Phi) is 6.07. The lowest BCUT2D eigenvalue weighted by atomic mass is 10.0. The fourth-order valence-corrected chi connectivity index (χ4v) is 2.28. The van der Waals surface area contributed by atoms with Crippen LogP contribution in [0.4, 0.5) is 0 Å². The van der Waals surface area contributed by atoms with Crippen molar-refractivity contribution in [2.75, 3.05) is 6.54 Å². The maximum atomic E-state index is 3.59. The largest absolute Gasteiger partial charge is 0.310 e. The summed E-state index contributed by atoms with van der Waals surface area (Å²) in [5.41, 5.74) is 1.35. The highest BCUT2D eigenvalue weighted by atomic mass is 79.9. The SMILES string of the molecule is CCCC(C)CNC(C)c1cccc(Br)c1. The molecule has 1 N–H and O–H groups in total. The van der Waals surface area contributed by atoms with Crippen molar-refractivity contribution in [2.45, 2.75) is 39.7 Å². The molecule has 0 amide bonds. The van der Waals surface area contributed by atoms with Gasteiger partial charge in [0.1, 0.15) is 0 Å². The number of rotatable bonds is 6. The fourth-order valence-electron chi connectivity index (χ4n) is 1.87. The second-order valence-electron chi connectivity index (χ2n) is 4.58. The Balaban J connectivity index is 2.43. The van der Waals surface area contributed by atoms with E-state index in [2.05, 4.69) is 66.3 Å². The summed E-state index contributed by atoms with van der Waals surface area (Å²) in [4.78, 5) is 0. The van der Waals surface area contributed by atoms with Gasteiger partial charge in [-0.1, -0.05) is 48.3 Å². The first kappa shape index (κ1) is 13.7. The van der Waals surface area contributed by atoms with Gasteiger partial charge in [-0.15, -0.1) is 0 Å². The molecule has 1 nitrogen and oxygen atoms in total. The van der Waals surface area contributed by atoms with Crippen LogP contribution < -0.4 is 5.32 Å². The summed E-state index contributed by atoms with van der Waals surface area (Å²) >= 11 is 3.51. The number of hydrogen-bond acceptors (Lipinski definition) is 1. The van der Waals surface area contributed by atoms with E-state index >= 15 is 0 Å². The van der Waals surface area contributed by atoms with Gasteiger partial charge in [-0.05, 0) is 43.5 Å². The number of halogens is 1. The van der Waals surface area contributed by atoms with Crippen LogP contribution in [-0.2, 0) is 0 Å². The average molecular weight is 284 g/mol. The van der Waals surface area contributed by atoms with Gasteiger partial charge in [0.2, 0.25) is 0 Å². The van der Waals surface area contributed by atoms with Crippen molar-refractivity contribution in [3.05, 3.63) is 34.3 Å². The van der Waals surface area contributed by atoms with Crippen molar-refractivity contribution in [3.8, 4) is 0 Å². The Morgan fingerprint density at radius 1 is 1.31 bits per heavy atom. The minimum atomic E-state index is 0.428. The summed E-state index contributed by atoms with van der Waals surface area (Å²) in [6, 6.07) is 8.94. The van der Waals surface area contributed by atoms with Crippen molar-refractivity contribution in [3.63, 3.8) is 0 Å². The summed E-state index contributed by atoms with van der Waals surface area (Å²) < 4.78 is 1.15. The van der Waals surface area contributed by atoms with Crippen LogP contribution in [0, 0.1) is 5.92 Å². The molecule has 0 spiro atoms. The van der Waals surface area contributed by atoms with Crippen LogP contribution in [0.15, 0.2) is 28.7 Å².